The minimum atomic E-state index is -0.456. The Hall–Kier alpha value is -2.78. The van der Waals surface area contributed by atoms with E-state index in [-0.39, 0.29) is 5.92 Å². The molecule has 0 amide bonds. The Kier molecular flexibility index (Phi) is 6.89. The van der Waals surface area contributed by atoms with Crippen molar-refractivity contribution in [2.75, 3.05) is 11.9 Å². The van der Waals surface area contributed by atoms with Crippen LogP contribution >= 0.6 is 0 Å². The molecule has 1 radical (unpaired) electrons. The van der Waals surface area contributed by atoms with E-state index in [1.807, 2.05) is 55.5 Å². The van der Waals surface area contributed by atoms with E-state index in [0.717, 1.165) is 23.5 Å². The monoisotopic (exact) mass is 360 g/mol. The fourth-order valence-corrected chi connectivity index (χ4v) is 3.05. The molecule has 0 aliphatic carbocycles. The van der Waals surface area contributed by atoms with E-state index in [2.05, 4.69) is 41.7 Å². The van der Waals surface area contributed by atoms with E-state index in [1.165, 1.54) is 5.56 Å². The molecule has 3 aromatic rings. The SMILES string of the molecule is CCC(O)C(COc1c[c]ccc1)c1cccc(NCc2ccccc2)c1. The molecule has 2 unspecified atom stereocenters. The number of aliphatic hydroxyl groups excluding tert-OH is 1. The van der Waals surface area contributed by atoms with Gasteiger partial charge in [-0.15, -0.1) is 0 Å². The lowest BCUT2D eigenvalue weighted by Gasteiger charge is -2.23. The fourth-order valence-electron chi connectivity index (χ4n) is 3.05. The summed E-state index contributed by atoms with van der Waals surface area (Å²) in [5.74, 6) is 0.679. The topological polar surface area (TPSA) is 41.5 Å². The predicted molar refractivity (Wildman–Crippen MR) is 110 cm³/mol. The quantitative estimate of drug-likeness (QED) is 0.562. The molecule has 2 atom stereocenters. The molecule has 3 heteroatoms. The summed E-state index contributed by atoms with van der Waals surface area (Å²) in [5.41, 5.74) is 3.34. The molecule has 0 spiro atoms. The van der Waals surface area contributed by atoms with Crippen LogP contribution in [-0.2, 0) is 6.54 Å². The molecular weight excluding hydrogens is 334 g/mol. The van der Waals surface area contributed by atoms with Crippen molar-refractivity contribution in [2.45, 2.75) is 31.9 Å². The molecule has 3 nitrogen and oxygen atoms in total. The van der Waals surface area contributed by atoms with Crippen LogP contribution in [0, 0.1) is 6.07 Å². The maximum absolute atomic E-state index is 10.5. The fraction of sp³-hybridized carbons (Fsp3) is 0.250. The molecule has 27 heavy (non-hydrogen) atoms. The summed E-state index contributed by atoms with van der Waals surface area (Å²) in [4.78, 5) is 0. The Labute approximate surface area is 161 Å². The molecule has 0 aliphatic heterocycles. The van der Waals surface area contributed by atoms with E-state index in [9.17, 15) is 5.11 Å². The number of hydrogen-bond acceptors (Lipinski definition) is 3. The van der Waals surface area contributed by atoms with Crippen LogP contribution in [0.5, 0.6) is 5.75 Å². The largest absolute Gasteiger partial charge is 0.493 e. The number of rotatable bonds is 9. The zero-order valence-corrected chi connectivity index (χ0v) is 15.6. The van der Waals surface area contributed by atoms with Gasteiger partial charge in [-0.25, -0.2) is 0 Å². The summed E-state index contributed by atoms with van der Waals surface area (Å²) in [7, 11) is 0. The highest BCUT2D eigenvalue weighted by atomic mass is 16.5. The van der Waals surface area contributed by atoms with Crippen molar-refractivity contribution in [3.05, 3.63) is 96.1 Å². The van der Waals surface area contributed by atoms with Gasteiger partial charge in [-0.05, 0) is 47.9 Å². The van der Waals surface area contributed by atoms with E-state index in [4.69, 9.17) is 4.74 Å². The van der Waals surface area contributed by atoms with Gasteiger partial charge in [0.25, 0.3) is 0 Å². The number of anilines is 1. The Morgan fingerprint density at radius 1 is 1.04 bits per heavy atom. The third-order valence-electron chi connectivity index (χ3n) is 4.65. The van der Waals surface area contributed by atoms with Gasteiger partial charge in [-0.2, -0.15) is 0 Å². The van der Waals surface area contributed by atoms with Crippen molar-refractivity contribution in [1.29, 1.82) is 0 Å². The molecule has 139 valence electrons. The number of benzene rings is 3. The van der Waals surface area contributed by atoms with Crippen LogP contribution in [0.25, 0.3) is 0 Å². The van der Waals surface area contributed by atoms with Gasteiger partial charge in [0.15, 0.2) is 0 Å². The Morgan fingerprint density at radius 3 is 2.63 bits per heavy atom. The number of ether oxygens (including phenoxy) is 1. The lowest BCUT2D eigenvalue weighted by molar-refractivity contribution is 0.110. The van der Waals surface area contributed by atoms with Gasteiger partial charge in [0.1, 0.15) is 5.75 Å². The first-order chi connectivity index (χ1) is 13.3. The van der Waals surface area contributed by atoms with Gasteiger partial charge in [0.05, 0.1) is 12.7 Å². The van der Waals surface area contributed by atoms with Gasteiger partial charge in [0, 0.05) is 18.2 Å². The first-order valence-corrected chi connectivity index (χ1v) is 9.41. The van der Waals surface area contributed by atoms with Crippen molar-refractivity contribution in [3.63, 3.8) is 0 Å². The first-order valence-electron chi connectivity index (χ1n) is 9.41. The highest BCUT2D eigenvalue weighted by Crippen LogP contribution is 2.26. The molecule has 0 bridgehead atoms. The second-order valence-corrected chi connectivity index (χ2v) is 6.60. The molecule has 0 fully saturated rings. The number of hydrogen-bond donors (Lipinski definition) is 2. The van der Waals surface area contributed by atoms with Crippen LogP contribution in [0.15, 0.2) is 78.9 Å². The van der Waals surface area contributed by atoms with Crippen molar-refractivity contribution < 1.29 is 9.84 Å². The molecular formula is C24H26NO2. The van der Waals surface area contributed by atoms with E-state index < -0.39 is 6.10 Å². The third kappa shape index (κ3) is 5.60. The van der Waals surface area contributed by atoms with Crippen LogP contribution in [0.2, 0.25) is 0 Å². The maximum Gasteiger partial charge on any atom is 0.119 e. The van der Waals surface area contributed by atoms with E-state index >= 15 is 0 Å². The molecule has 3 rings (SSSR count). The molecule has 0 saturated carbocycles. The Balaban J connectivity index is 1.70. The molecule has 3 aromatic carbocycles. The number of nitrogens with one attached hydrogen (secondary N) is 1. The zero-order chi connectivity index (χ0) is 18.9. The second-order valence-electron chi connectivity index (χ2n) is 6.60. The summed E-state index contributed by atoms with van der Waals surface area (Å²) in [6, 6.07) is 29.0. The Morgan fingerprint density at radius 2 is 1.89 bits per heavy atom. The van der Waals surface area contributed by atoms with Crippen molar-refractivity contribution in [3.8, 4) is 5.75 Å². The van der Waals surface area contributed by atoms with Crippen molar-refractivity contribution >= 4 is 5.69 Å². The molecule has 0 aliphatic rings. The minimum absolute atomic E-state index is 0.0892. The lowest BCUT2D eigenvalue weighted by Crippen LogP contribution is -2.24. The maximum atomic E-state index is 10.5. The van der Waals surface area contributed by atoms with Gasteiger partial charge in [-0.3, -0.25) is 0 Å². The van der Waals surface area contributed by atoms with Crippen LogP contribution in [0.3, 0.4) is 0 Å². The molecule has 0 aromatic heterocycles. The van der Waals surface area contributed by atoms with Crippen molar-refractivity contribution in [2.24, 2.45) is 0 Å². The standard InChI is InChI=1S/C24H26NO2/c1-2-24(26)23(18-27-22-14-7-4-8-15-22)20-12-9-13-21(16-20)25-17-19-10-5-3-6-11-19/h3-7,9-16,23-26H,2,17-18H2,1H3. The molecule has 2 N–H and O–H groups in total. The summed E-state index contributed by atoms with van der Waals surface area (Å²) in [6.45, 7) is 3.18. The van der Waals surface area contributed by atoms with Crippen LogP contribution in [0.4, 0.5) is 5.69 Å². The smallest absolute Gasteiger partial charge is 0.119 e. The summed E-state index contributed by atoms with van der Waals surface area (Å²) < 4.78 is 5.90. The van der Waals surface area contributed by atoms with Crippen LogP contribution in [0.1, 0.15) is 30.4 Å². The Bertz CT molecular complexity index is 805. The first kappa shape index (κ1) is 19.0. The van der Waals surface area contributed by atoms with Gasteiger partial charge in [0.2, 0.25) is 0 Å². The second kappa shape index (κ2) is 9.79. The van der Waals surface area contributed by atoms with Gasteiger partial charge < -0.3 is 15.2 Å². The third-order valence-corrected chi connectivity index (χ3v) is 4.65. The summed E-state index contributed by atoms with van der Waals surface area (Å²) >= 11 is 0. The van der Waals surface area contributed by atoms with Crippen molar-refractivity contribution in [1.82, 2.24) is 0 Å². The van der Waals surface area contributed by atoms with Gasteiger partial charge >= 0.3 is 0 Å². The predicted octanol–water partition coefficient (Wildman–Crippen LogP) is 5.03. The zero-order valence-electron chi connectivity index (χ0n) is 15.6. The van der Waals surface area contributed by atoms with Crippen LogP contribution < -0.4 is 10.1 Å². The molecule has 0 saturated heterocycles. The van der Waals surface area contributed by atoms with E-state index in [0.29, 0.717) is 13.0 Å². The minimum Gasteiger partial charge on any atom is -0.493 e. The summed E-state index contributed by atoms with van der Waals surface area (Å²) in [6.07, 6.45) is 0.221. The lowest BCUT2D eigenvalue weighted by atomic mass is 9.92. The van der Waals surface area contributed by atoms with Crippen LogP contribution in [-0.4, -0.2) is 17.8 Å². The highest BCUT2D eigenvalue weighted by Gasteiger charge is 2.21. The average molecular weight is 360 g/mol. The normalized spacial score (nSPS) is 13.0. The van der Waals surface area contributed by atoms with E-state index in [1.54, 1.807) is 0 Å². The highest BCUT2D eigenvalue weighted by molar-refractivity contribution is 5.47. The average Bonchev–Trinajstić information content (AvgIpc) is 2.74. The van der Waals surface area contributed by atoms with Gasteiger partial charge in [-0.1, -0.05) is 61.5 Å². The summed E-state index contributed by atoms with van der Waals surface area (Å²) in [5, 5.41) is 14.0. The number of aliphatic hydroxyl groups is 1. The molecule has 0 heterocycles.